The Kier molecular flexibility index (Phi) is 1.84. The number of ether oxygens (including phenoxy) is 1. The normalized spacial score (nSPS) is 18.7. The highest BCUT2D eigenvalue weighted by Gasteiger charge is 2.44. The topological polar surface area (TPSA) is 9.23 Å². The largest absolute Gasteiger partial charge is 0.374 e. The molecule has 1 aliphatic carbocycles. The zero-order valence-corrected chi connectivity index (χ0v) is 7.31. The van der Waals surface area contributed by atoms with Gasteiger partial charge in [0.15, 0.2) is 11.6 Å². The summed E-state index contributed by atoms with van der Waals surface area (Å²) in [4.78, 5) is 0. The van der Waals surface area contributed by atoms with Gasteiger partial charge in [-0.25, -0.2) is 8.78 Å². The van der Waals surface area contributed by atoms with Crippen LogP contribution in [0, 0.1) is 11.6 Å². The van der Waals surface area contributed by atoms with E-state index in [1.54, 1.807) is 13.2 Å². The second-order valence-electron chi connectivity index (χ2n) is 3.33. The Morgan fingerprint density at radius 3 is 2.38 bits per heavy atom. The van der Waals surface area contributed by atoms with Crippen molar-refractivity contribution in [1.29, 1.82) is 0 Å². The van der Waals surface area contributed by atoms with E-state index in [9.17, 15) is 8.78 Å². The van der Waals surface area contributed by atoms with E-state index in [-0.39, 0.29) is 5.60 Å². The van der Waals surface area contributed by atoms with E-state index >= 15 is 0 Å². The Balaban J connectivity index is 2.37. The standard InChI is InChI=1S/C10H10F2O/c1-13-10(4-5-10)7-2-3-8(11)9(12)6-7/h2-3,6H,4-5H2,1H3. The maximum absolute atomic E-state index is 12.8. The van der Waals surface area contributed by atoms with Gasteiger partial charge in [0, 0.05) is 7.11 Å². The number of hydrogen-bond donors (Lipinski definition) is 0. The molecule has 0 spiro atoms. The Hall–Kier alpha value is -0.960. The lowest BCUT2D eigenvalue weighted by molar-refractivity contribution is 0.0785. The molecule has 1 aliphatic rings. The number of hydrogen-bond acceptors (Lipinski definition) is 1. The van der Waals surface area contributed by atoms with Gasteiger partial charge in [0.2, 0.25) is 0 Å². The van der Waals surface area contributed by atoms with Crippen LogP contribution < -0.4 is 0 Å². The molecule has 70 valence electrons. The van der Waals surface area contributed by atoms with Crippen molar-refractivity contribution in [2.45, 2.75) is 18.4 Å². The molecule has 0 atom stereocenters. The zero-order valence-electron chi connectivity index (χ0n) is 7.31. The van der Waals surface area contributed by atoms with E-state index in [2.05, 4.69) is 0 Å². The Morgan fingerprint density at radius 2 is 1.92 bits per heavy atom. The SMILES string of the molecule is COC1(c2ccc(F)c(F)c2)CC1. The molecule has 0 bridgehead atoms. The maximum Gasteiger partial charge on any atom is 0.159 e. The average molecular weight is 184 g/mol. The van der Waals surface area contributed by atoms with Crippen molar-refractivity contribution in [3.8, 4) is 0 Å². The lowest BCUT2D eigenvalue weighted by Crippen LogP contribution is -2.09. The van der Waals surface area contributed by atoms with E-state index in [1.807, 2.05) is 0 Å². The van der Waals surface area contributed by atoms with Crippen molar-refractivity contribution in [3.05, 3.63) is 35.4 Å². The first-order valence-electron chi connectivity index (χ1n) is 4.19. The van der Waals surface area contributed by atoms with Crippen LogP contribution in [0.3, 0.4) is 0 Å². The Bertz CT molecular complexity index is 332. The summed E-state index contributed by atoms with van der Waals surface area (Å²) in [6, 6.07) is 3.94. The summed E-state index contributed by atoms with van der Waals surface area (Å²) in [5.41, 5.74) is 0.392. The molecule has 1 aromatic carbocycles. The quantitative estimate of drug-likeness (QED) is 0.686. The molecular weight excluding hydrogens is 174 g/mol. The predicted molar refractivity (Wildman–Crippen MR) is 44.3 cm³/mol. The van der Waals surface area contributed by atoms with Gasteiger partial charge >= 0.3 is 0 Å². The molecule has 0 amide bonds. The van der Waals surface area contributed by atoms with Gasteiger partial charge < -0.3 is 4.74 Å². The van der Waals surface area contributed by atoms with Gasteiger partial charge in [-0.1, -0.05) is 6.07 Å². The van der Waals surface area contributed by atoms with Crippen LogP contribution in [-0.4, -0.2) is 7.11 Å². The molecular formula is C10H10F2O. The van der Waals surface area contributed by atoms with Gasteiger partial charge in [0.25, 0.3) is 0 Å². The third-order valence-corrected chi connectivity index (χ3v) is 2.54. The number of methoxy groups -OCH3 is 1. The molecule has 13 heavy (non-hydrogen) atoms. The minimum Gasteiger partial charge on any atom is -0.374 e. The van der Waals surface area contributed by atoms with Gasteiger partial charge in [0.05, 0.1) is 5.60 Å². The Labute approximate surface area is 75.3 Å². The monoisotopic (exact) mass is 184 g/mol. The minimum atomic E-state index is -0.810. The summed E-state index contributed by atoms with van der Waals surface area (Å²) >= 11 is 0. The smallest absolute Gasteiger partial charge is 0.159 e. The first kappa shape index (κ1) is 8.63. The average Bonchev–Trinajstić information content (AvgIpc) is 2.90. The van der Waals surface area contributed by atoms with Crippen molar-refractivity contribution < 1.29 is 13.5 Å². The number of rotatable bonds is 2. The zero-order chi connectivity index (χ0) is 9.47. The molecule has 1 nitrogen and oxygen atoms in total. The van der Waals surface area contributed by atoms with Crippen LogP contribution in [0.4, 0.5) is 8.78 Å². The van der Waals surface area contributed by atoms with Crippen molar-refractivity contribution in [2.24, 2.45) is 0 Å². The molecule has 0 saturated heterocycles. The first-order chi connectivity index (χ1) is 6.18. The molecule has 0 aromatic heterocycles. The van der Waals surface area contributed by atoms with Gasteiger partial charge in [-0.15, -0.1) is 0 Å². The summed E-state index contributed by atoms with van der Waals surface area (Å²) in [6.07, 6.45) is 1.77. The predicted octanol–water partition coefficient (Wildman–Crippen LogP) is 2.60. The second kappa shape index (κ2) is 2.77. The molecule has 0 heterocycles. The van der Waals surface area contributed by atoms with Crippen LogP contribution >= 0.6 is 0 Å². The van der Waals surface area contributed by atoms with Crippen LogP contribution in [0.5, 0.6) is 0 Å². The lowest BCUT2D eigenvalue weighted by atomic mass is 10.1. The van der Waals surface area contributed by atoms with E-state index in [0.29, 0.717) is 0 Å². The second-order valence-corrected chi connectivity index (χ2v) is 3.33. The lowest BCUT2D eigenvalue weighted by Gasteiger charge is -2.13. The summed E-state index contributed by atoms with van der Waals surface area (Å²) in [5.74, 6) is -1.61. The van der Waals surface area contributed by atoms with E-state index in [4.69, 9.17) is 4.74 Å². The van der Waals surface area contributed by atoms with Crippen LogP contribution in [-0.2, 0) is 10.3 Å². The van der Waals surface area contributed by atoms with Crippen LogP contribution in [0.2, 0.25) is 0 Å². The van der Waals surface area contributed by atoms with Crippen molar-refractivity contribution in [2.75, 3.05) is 7.11 Å². The van der Waals surface area contributed by atoms with Gasteiger partial charge in [-0.2, -0.15) is 0 Å². The molecule has 1 saturated carbocycles. The minimum absolute atomic E-state index is 0.339. The fourth-order valence-electron chi connectivity index (χ4n) is 1.50. The van der Waals surface area contributed by atoms with E-state index < -0.39 is 11.6 Å². The molecule has 0 N–H and O–H groups in total. The third-order valence-electron chi connectivity index (χ3n) is 2.54. The first-order valence-corrected chi connectivity index (χ1v) is 4.19. The van der Waals surface area contributed by atoms with Crippen molar-refractivity contribution in [1.82, 2.24) is 0 Å². The van der Waals surface area contributed by atoms with E-state index in [0.717, 1.165) is 24.5 Å². The highest BCUT2D eigenvalue weighted by atomic mass is 19.2. The highest BCUT2D eigenvalue weighted by Crippen LogP contribution is 2.48. The summed E-state index contributed by atoms with van der Waals surface area (Å²) in [7, 11) is 1.59. The summed E-state index contributed by atoms with van der Waals surface area (Å²) in [6.45, 7) is 0. The van der Waals surface area contributed by atoms with Crippen LogP contribution in [0.25, 0.3) is 0 Å². The van der Waals surface area contributed by atoms with E-state index in [1.165, 1.54) is 6.07 Å². The molecule has 2 rings (SSSR count). The van der Waals surface area contributed by atoms with Crippen molar-refractivity contribution in [3.63, 3.8) is 0 Å². The number of halogens is 2. The molecule has 0 aliphatic heterocycles. The fourth-order valence-corrected chi connectivity index (χ4v) is 1.50. The number of benzene rings is 1. The summed E-state index contributed by atoms with van der Waals surface area (Å²) < 4.78 is 30.7. The van der Waals surface area contributed by atoms with Crippen molar-refractivity contribution >= 4 is 0 Å². The third kappa shape index (κ3) is 1.33. The van der Waals surface area contributed by atoms with Gasteiger partial charge in [0.1, 0.15) is 0 Å². The molecule has 3 heteroatoms. The van der Waals surface area contributed by atoms with Crippen LogP contribution in [0.1, 0.15) is 18.4 Å². The fraction of sp³-hybridized carbons (Fsp3) is 0.400. The molecule has 1 aromatic rings. The van der Waals surface area contributed by atoms with Gasteiger partial charge in [-0.05, 0) is 30.5 Å². The highest BCUT2D eigenvalue weighted by molar-refractivity contribution is 5.28. The molecule has 1 fully saturated rings. The summed E-state index contributed by atoms with van der Waals surface area (Å²) in [5, 5.41) is 0. The molecule has 0 unspecified atom stereocenters. The maximum atomic E-state index is 12.8. The Morgan fingerprint density at radius 1 is 1.23 bits per heavy atom. The van der Waals surface area contributed by atoms with Crippen LogP contribution in [0.15, 0.2) is 18.2 Å². The van der Waals surface area contributed by atoms with Gasteiger partial charge in [-0.3, -0.25) is 0 Å². The molecule has 0 radical (unpaired) electrons.